The van der Waals surface area contributed by atoms with E-state index in [1.54, 1.807) is 0 Å². The Morgan fingerprint density at radius 1 is 1.07 bits per heavy atom. The highest BCUT2D eigenvalue weighted by Crippen LogP contribution is 2.36. The number of Topliss-reactive ketones (excluding diaryl/α,β-unsaturated/α-hetero) is 1. The molecule has 1 aliphatic rings. The molecule has 0 amide bonds. The van der Waals surface area contributed by atoms with Crippen LogP contribution in [0.15, 0.2) is 65.0 Å². The Bertz CT molecular complexity index is 1180. The highest BCUT2D eigenvalue weighted by Gasteiger charge is 2.34. The second kappa shape index (κ2) is 7.32. The smallest absolute Gasteiger partial charge is 0.168 e. The van der Waals surface area contributed by atoms with Crippen molar-refractivity contribution in [3.05, 3.63) is 59.9 Å². The lowest BCUT2D eigenvalue weighted by atomic mass is 9.75. The summed E-state index contributed by atoms with van der Waals surface area (Å²) < 4.78 is 0. The minimum atomic E-state index is -0.229. The topological polar surface area (TPSA) is 74.6 Å². The Labute approximate surface area is 170 Å². The molecule has 148 valence electrons. The van der Waals surface area contributed by atoms with Crippen LogP contribution in [0, 0.1) is 5.41 Å². The van der Waals surface area contributed by atoms with Gasteiger partial charge >= 0.3 is 0 Å². The van der Waals surface area contributed by atoms with Gasteiger partial charge in [0.2, 0.25) is 0 Å². The Hall–Kier alpha value is -3.21. The normalized spacial score (nSPS) is 17.2. The van der Waals surface area contributed by atoms with Gasteiger partial charge in [-0.1, -0.05) is 63.2 Å². The van der Waals surface area contributed by atoms with E-state index in [0.717, 1.165) is 21.7 Å². The fourth-order valence-electron chi connectivity index (χ4n) is 4.04. The molecule has 1 heterocycles. The van der Waals surface area contributed by atoms with Crippen molar-refractivity contribution in [2.45, 2.75) is 40.0 Å². The number of aliphatic hydroxyl groups is 1. The molecular formula is C24H25N3O2. The van der Waals surface area contributed by atoms with Gasteiger partial charge in [-0.25, -0.2) is 4.98 Å². The van der Waals surface area contributed by atoms with Crippen molar-refractivity contribution in [1.29, 1.82) is 0 Å². The van der Waals surface area contributed by atoms with E-state index >= 15 is 0 Å². The van der Waals surface area contributed by atoms with Crippen LogP contribution >= 0.6 is 0 Å². The summed E-state index contributed by atoms with van der Waals surface area (Å²) in [5.74, 6) is 0.705. The molecule has 0 radical (unpaired) electrons. The minimum absolute atomic E-state index is 0.0579. The first-order valence-corrected chi connectivity index (χ1v) is 9.95. The summed E-state index contributed by atoms with van der Waals surface area (Å²) in [7, 11) is 0. The van der Waals surface area contributed by atoms with Crippen LogP contribution in [0.4, 0.5) is 5.82 Å². The first kappa shape index (κ1) is 19.1. The number of carbonyl (C=O) groups excluding carboxylic acids is 1. The van der Waals surface area contributed by atoms with E-state index in [0.29, 0.717) is 36.4 Å². The van der Waals surface area contributed by atoms with Crippen LogP contribution in [0.5, 0.6) is 0 Å². The number of fused-ring (bicyclic) bond motifs is 3. The lowest BCUT2D eigenvalue weighted by Gasteiger charge is -2.29. The van der Waals surface area contributed by atoms with Crippen LogP contribution in [-0.4, -0.2) is 21.6 Å². The van der Waals surface area contributed by atoms with Crippen LogP contribution in [0.1, 0.15) is 40.0 Å². The van der Waals surface area contributed by atoms with Crippen LogP contribution in [0.2, 0.25) is 0 Å². The third-order valence-corrected chi connectivity index (χ3v) is 5.38. The fraction of sp³-hybridized carbons (Fsp3) is 0.292. The summed E-state index contributed by atoms with van der Waals surface area (Å²) in [5, 5.41) is 18.2. The van der Waals surface area contributed by atoms with Crippen molar-refractivity contribution in [3.63, 3.8) is 0 Å². The van der Waals surface area contributed by atoms with E-state index in [4.69, 9.17) is 4.98 Å². The number of carbonyl (C=O) groups is 1. The van der Waals surface area contributed by atoms with Crippen LogP contribution in [-0.2, 0) is 4.79 Å². The van der Waals surface area contributed by atoms with Crippen molar-refractivity contribution in [3.8, 4) is 0 Å². The van der Waals surface area contributed by atoms with Crippen molar-refractivity contribution in [2.24, 2.45) is 10.5 Å². The summed E-state index contributed by atoms with van der Waals surface area (Å²) in [6.07, 6.45) is 1.41. The SMILES string of the molecule is CC/C(=N\Nc1nc2ccccc2c2ccccc12)C1=C(O)CC(C)(C)CC1=O. The highest BCUT2D eigenvalue weighted by atomic mass is 16.3. The summed E-state index contributed by atoms with van der Waals surface area (Å²) in [4.78, 5) is 17.4. The second-order valence-electron chi connectivity index (χ2n) is 8.31. The maximum Gasteiger partial charge on any atom is 0.168 e. The van der Waals surface area contributed by atoms with Crippen molar-refractivity contribution in [1.82, 2.24) is 4.98 Å². The van der Waals surface area contributed by atoms with E-state index < -0.39 is 0 Å². The molecule has 0 saturated carbocycles. The number of ketones is 1. The molecule has 4 rings (SSSR count). The Balaban J connectivity index is 1.78. The number of rotatable bonds is 4. The molecule has 0 saturated heterocycles. The number of allylic oxidation sites excluding steroid dienone is 2. The molecule has 1 aromatic heterocycles. The maximum absolute atomic E-state index is 12.7. The van der Waals surface area contributed by atoms with E-state index in [9.17, 15) is 9.90 Å². The number of aromatic nitrogens is 1. The maximum atomic E-state index is 12.7. The number of hydrogen-bond donors (Lipinski definition) is 2. The van der Waals surface area contributed by atoms with Crippen LogP contribution < -0.4 is 5.43 Å². The monoisotopic (exact) mass is 387 g/mol. The zero-order valence-electron chi connectivity index (χ0n) is 17.0. The average molecular weight is 387 g/mol. The van der Waals surface area contributed by atoms with E-state index in [-0.39, 0.29) is 17.0 Å². The Morgan fingerprint density at radius 2 is 1.72 bits per heavy atom. The van der Waals surface area contributed by atoms with Gasteiger partial charge in [0.1, 0.15) is 5.76 Å². The van der Waals surface area contributed by atoms with Gasteiger partial charge in [-0.05, 0) is 23.3 Å². The van der Waals surface area contributed by atoms with Crippen molar-refractivity contribution in [2.75, 3.05) is 5.43 Å². The first-order valence-electron chi connectivity index (χ1n) is 9.95. The van der Waals surface area contributed by atoms with Gasteiger partial charge < -0.3 is 5.11 Å². The summed E-state index contributed by atoms with van der Waals surface area (Å²) in [6.45, 7) is 5.91. The molecule has 29 heavy (non-hydrogen) atoms. The molecular weight excluding hydrogens is 362 g/mol. The molecule has 5 nitrogen and oxygen atoms in total. The predicted molar refractivity (Wildman–Crippen MR) is 118 cm³/mol. The van der Waals surface area contributed by atoms with Crippen LogP contribution in [0.3, 0.4) is 0 Å². The number of aliphatic hydroxyl groups excluding tert-OH is 1. The van der Waals surface area contributed by atoms with E-state index in [1.165, 1.54) is 0 Å². The number of nitrogens with one attached hydrogen (secondary N) is 1. The predicted octanol–water partition coefficient (Wildman–Crippen LogP) is 5.77. The average Bonchev–Trinajstić information content (AvgIpc) is 2.69. The molecule has 0 aliphatic heterocycles. The molecule has 0 atom stereocenters. The first-order chi connectivity index (χ1) is 13.9. The number of hydrazone groups is 1. The molecule has 0 fully saturated rings. The van der Waals surface area contributed by atoms with Gasteiger partial charge in [-0.3, -0.25) is 10.2 Å². The number of pyridine rings is 1. The zero-order chi connectivity index (χ0) is 20.6. The van der Waals surface area contributed by atoms with Gasteiger partial charge in [0.25, 0.3) is 0 Å². The number of para-hydroxylation sites is 1. The summed E-state index contributed by atoms with van der Waals surface area (Å²) in [5.41, 5.74) is 4.62. The van der Waals surface area contributed by atoms with Crippen molar-refractivity contribution >= 4 is 39.0 Å². The fourth-order valence-corrected chi connectivity index (χ4v) is 4.04. The standard InChI is InChI=1S/C24H25N3O2/c1-4-18(22-20(28)13-24(2,3)14-21(22)29)26-27-23-17-11-6-5-9-15(17)16-10-7-8-12-19(16)25-23/h5-12,28H,4,13-14H2,1-3H3,(H,25,27)/b26-18+. The van der Waals surface area contributed by atoms with Gasteiger partial charge in [-0.2, -0.15) is 5.10 Å². The lowest BCUT2D eigenvalue weighted by molar-refractivity contribution is -0.117. The number of benzene rings is 2. The largest absolute Gasteiger partial charge is 0.511 e. The Kier molecular flexibility index (Phi) is 4.82. The molecule has 2 aromatic carbocycles. The summed E-state index contributed by atoms with van der Waals surface area (Å²) >= 11 is 0. The zero-order valence-corrected chi connectivity index (χ0v) is 17.0. The number of hydrogen-bond acceptors (Lipinski definition) is 5. The van der Waals surface area contributed by atoms with Gasteiger partial charge in [-0.15, -0.1) is 0 Å². The van der Waals surface area contributed by atoms with Crippen molar-refractivity contribution < 1.29 is 9.90 Å². The number of nitrogens with zero attached hydrogens (tertiary/aromatic N) is 2. The molecule has 5 heteroatoms. The molecule has 0 spiro atoms. The Morgan fingerprint density at radius 3 is 2.41 bits per heavy atom. The lowest BCUT2D eigenvalue weighted by Crippen LogP contribution is -2.29. The van der Waals surface area contributed by atoms with Gasteiger partial charge in [0, 0.05) is 23.6 Å². The third-order valence-electron chi connectivity index (χ3n) is 5.38. The second-order valence-corrected chi connectivity index (χ2v) is 8.31. The van der Waals surface area contributed by atoms with Gasteiger partial charge in [0.05, 0.1) is 16.8 Å². The molecule has 1 aliphatic carbocycles. The number of anilines is 1. The summed E-state index contributed by atoms with van der Waals surface area (Å²) in [6, 6.07) is 16.0. The third kappa shape index (κ3) is 3.60. The quantitative estimate of drug-likeness (QED) is 0.339. The molecule has 3 aromatic rings. The molecule has 0 unspecified atom stereocenters. The molecule has 0 bridgehead atoms. The van der Waals surface area contributed by atoms with E-state index in [2.05, 4.69) is 22.7 Å². The van der Waals surface area contributed by atoms with Gasteiger partial charge in [0.15, 0.2) is 11.6 Å². The van der Waals surface area contributed by atoms with E-state index in [1.807, 2.05) is 57.2 Å². The minimum Gasteiger partial charge on any atom is -0.511 e. The molecule has 2 N–H and O–H groups in total. The van der Waals surface area contributed by atoms with Crippen LogP contribution in [0.25, 0.3) is 21.7 Å². The highest BCUT2D eigenvalue weighted by molar-refractivity contribution is 6.23.